The minimum Gasteiger partial charge on any atom is -0.497 e. The van der Waals surface area contributed by atoms with Gasteiger partial charge in [-0.05, 0) is 36.9 Å². The number of ether oxygens (including phenoxy) is 1. The summed E-state index contributed by atoms with van der Waals surface area (Å²) in [4.78, 5) is 22.7. The van der Waals surface area contributed by atoms with Crippen molar-refractivity contribution in [3.63, 3.8) is 0 Å². The number of aromatic nitrogens is 2. The maximum absolute atomic E-state index is 12.5. The number of carbonyl (C=O) groups excluding carboxylic acids is 1. The summed E-state index contributed by atoms with van der Waals surface area (Å²) < 4.78 is 5.13. The second-order valence-corrected chi connectivity index (χ2v) is 5.66. The second kappa shape index (κ2) is 7.26. The van der Waals surface area contributed by atoms with Gasteiger partial charge in [-0.25, -0.2) is 9.97 Å². The molecule has 1 heterocycles. The number of carbonyl (C=O) groups is 1. The van der Waals surface area contributed by atoms with Gasteiger partial charge in [0.1, 0.15) is 11.4 Å². The topological polar surface area (TPSA) is 55.3 Å². The molecule has 22 heavy (non-hydrogen) atoms. The number of aryl methyl sites for hydroxylation is 1. The first-order valence-electron chi connectivity index (χ1n) is 6.81. The molecular formula is C16H19N3O2S. The Hall–Kier alpha value is -2.08. The van der Waals surface area contributed by atoms with Gasteiger partial charge in [-0.2, -0.15) is 0 Å². The van der Waals surface area contributed by atoms with E-state index in [-0.39, 0.29) is 5.91 Å². The van der Waals surface area contributed by atoms with Crippen molar-refractivity contribution in [2.24, 2.45) is 0 Å². The van der Waals surface area contributed by atoms with Gasteiger partial charge in [0.05, 0.1) is 7.11 Å². The number of nitrogens with zero attached hydrogens (tertiary/aromatic N) is 3. The molecule has 2 rings (SSSR count). The van der Waals surface area contributed by atoms with Crippen molar-refractivity contribution >= 4 is 17.7 Å². The van der Waals surface area contributed by atoms with Crippen molar-refractivity contribution in [3.8, 4) is 5.75 Å². The molecule has 0 atom stereocenters. The molecule has 5 nitrogen and oxygen atoms in total. The molecule has 1 aromatic heterocycles. The average molecular weight is 317 g/mol. The predicted molar refractivity (Wildman–Crippen MR) is 87.3 cm³/mol. The van der Waals surface area contributed by atoms with Gasteiger partial charge in [0, 0.05) is 19.3 Å². The van der Waals surface area contributed by atoms with E-state index in [1.165, 1.54) is 11.8 Å². The fourth-order valence-electron chi connectivity index (χ4n) is 2.01. The molecule has 0 radical (unpaired) electrons. The molecule has 0 N–H and O–H groups in total. The van der Waals surface area contributed by atoms with Gasteiger partial charge >= 0.3 is 0 Å². The average Bonchev–Trinajstić information content (AvgIpc) is 2.54. The SMILES string of the molecule is COc1ccc(CN(C)C(=O)c2cc(C)nc(SC)n2)cc1. The van der Waals surface area contributed by atoms with E-state index in [0.29, 0.717) is 17.4 Å². The van der Waals surface area contributed by atoms with E-state index in [0.717, 1.165) is 17.0 Å². The Labute approximate surface area is 134 Å². The Kier molecular flexibility index (Phi) is 5.38. The van der Waals surface area contributed by atoms with Crippen molar-refractivity contribution in [2.45, 2.75) is 18.6 Å². The van der Waals surface area contributed by atoms with Crippen LogP contribution in [-0.2, 0) is 6.54 Å². The molecule has 0 aliphatic carbocycles. The van der Waals surface area contributed by atoms with Crippen LogP contribution in [0, 0.1) is 6.92 Å². The molecule has 0 aliphatic rings. The lowest BCUT2D eigenvalue weighted by atomic mass is 10.2. The summed E-state index contributed by atoms with van der Waals surface area (Å²) in [5.74, 6) is 0.686. The van der Waals surface area contributed by atoms with Crippen LogP contribution in [0.2, 0.25) is 0 Å². The van der Waals surface area contributed by atoms with Crippen LogP contribution in [0.1, 0.15) is 21.7 Å². The van der Waals surface area contributed by atoms with Gasteiger partial charge in [-0.1, -0.05) is 23.9 Å². The number of hydrogen-bond acceptors (Lipinski definition) is 5. The third-order valence-corrected chi connectivity index (χ3v) is 3.71. The third-order valence-electron chi connectivity index (χ3n) is 3.16. The summed E-state index contributed by atoms with van der Waals surface area (Å²) in [6.45, 7) is 2.38. The monoisotopic (exact) mass is 317 g/mol. The van der Waals surface area contributed by atoms with E-state index in [2.05, 4.69) is 9.97 Å². The molecular weight excluding hydrogens is 298 g/mol. The van der Waals surface area contributed by atoms with Gasteiger partial charge in [0.25, 0.3) is 5.91 Å². The lowest BCUT2D eigenvalue weighted by molar-refractivity contribution is 0.0778. The lowest BCUT2D eigenvalue weighted by Crippen LogP contribution is -2.27. The van der Waals surface area contributed by atoms with Gasteiger partial charge in [-0.15, -0.1) is 0 Å². The van der Waals surface area contributed by atoms with Gasteiger partial charge in [0.15, 0.2) is 5.16 Å². The van der Waals surface area contributed by atoms with Crippen LogP contribution >= 0.6 is 11.8 Å². The maximum Gasteiger partial charge on any atom is 0.272 e. The zero-order valence-electron chi connectivity index (χ0n) is 13.2. The van der Waals surface area contributed by atoms with Crippen molar-refractivity contribution in [1.29, 1.82) is 0 Å². The molecule has 116 valence electrons. The summed E-state index contributed by atoms with van der Waals surface area (Å²) in [6, 6.07) is 9.37. The fourth-order valence-corrected chi connectivity index (χ4v) is 2.44. The van der Waals surface area contributed by atoms with Crippen LogP contribution in [0.15, 0.2) is 35.5 Å². The highest BCUT2D eigenvalue weighted by atomic mass is 32.2. The van der Waals surface area contributed by atoms with E-state index in [1.807, 2.05) is 37.4 Å². The van der Waals surface area contributed by atoms with Crippen molar-refractivity contribution in [2.75, 3.05) is 20.4 Å². The number of benzene rings is 1. The Bertz CT molecular complexity index is 659. The van der Waals surface area contributed by atoms with Crippen LogP contribution < -0.4 is 4.74 Å². The van der Waals surface area contributed by atoms with E-state index < -0.39 is 0 Å². The Morgan fingerprint density at radius 1 is 1.27 bits per heavy atom. The molecule has 2 aromatic rings. The summed E-state index contributed by atoms with van der Waals surface area (Å²) in [7, 11) is 3.40. The highest BCUT2D eigenvalue weighted by Gasteiger charge is 2.15. The first-order chi connectivity index (χ1) is 10.5. The summed E-state index contributed by atoms with van der Waals surface area (Å²) in [6.07, 6.45) is 1.89. The standard InChI is InChI=1S/C16H19N3O2S/c1-11-9-14(18-16(17-11)22-4)15(20)19(2)10-12-5-7-13(21-3)8-6-12/h5-9H,10H2,1-4H3. The Morgan fingerprint density at radius 3 is 2.55 bits per heavy atom. The van der Waals surface area contributed by atoms with Gasteiger partial charge in [-0.3, -0.25) is 4.79 Å². The van der Waals surface area contributed by atoms with Crippen LogP contribution in [-0.4, -0.2) is 41.2 Å². The third kappa shape index (κ3) is 3.98. The number of amides is 1. The first-order valence-corrected chi connectivity index (χ1v) is 8.04. The molecule has 0 aliphatic heterocycles. The van der Waals surface area contributed by atoms with E-state index in [4.69, 9.17) is 4.74 Å². The highest BCUT2D eigenvalue weighted by Crippen LogP contribution is 2.15. The molecule has 0 saturated heterocycles. The summed E-state index contributed by atoms with van der Waals surface area (Å²) >= 11 is 1.43. The van der Waals surface area contributed by atoms with Crippen LogP contribution in [0.25, 0.3) is 0 Å². The van der Waals surface area contributed by atoms with Crippen molar-refractivity contribution in [1.82, 2.24) is 14.9 Å². The summed E-state index contributed by atoms with van der Waals surface area (Å²) in [5, 5.41) is 0.612. The smallest absolute Gasteiger partial charge is 0.272 e. The largest absolute Gasteiger partial charge is 0.497 e. The second-order valence-electron chi connectivity index (χ2n) is 4.89. The summed E-state index contributed by atoms with van der Waals surface area (Å²) in [5.41, 5.74) is 2.25. The van der Waals surface area contributed by atoms with Crippen molar-refractivity contribution in [3.05, 3.63) is 47.3 Å². The minimum absolute atomic E-state index is 0.114. The first kappa shape index (κ1) is 16.3. The molecule has 0 saturated carbocycles. The quantitative estimate of drug-likeness (QED) is 0.627. The lowest BCUT2D eigenvalue weighted by Gasteiger charge is -2.17. The van der Waals surface area contributed by atoms with Crippen molar-refractivity contribution < 1.29 is 9.53 Å². The van der Waals surface area contributed by atoms with Gasteiger partial charge < -0.3 is 9.64 Å². The van der Waals surface area contributed by atoms with Crippen LogP contribution in [0.4, 0.5) is 0 Å². The molecule has 0 bridgehead atoms. The van der Waals surface area contributed by atoms with E-state index in [9.17, 15) is 4.79 Å². The molecule has 0 spiro atoms. The van der Waals surface area contributed by atoms with E-state index in [1.54, 1.807) is 25.1 Å². The number of thioether (sulfide) groups is 1. The highest BCUT2D eigenvalue weighted by molar-refractivity contribution is 7.98. The molecule has 0 fully saturated rings. The molecule has 6 heteroatoms. The fraction of sp³-hybridized carbons (Fsp3) is 0.312. The molecule has 1 amide bonds. The normalized spacial score (nSPS) is 10.4. The number of methoxy groups -OCH3 is 1. The molecule has 0 unspecified atom stereocenters. The predicted octanol–water partition coefficient (Wildman–Crippen LogP) is 2.79. The number of rotatable bonds is 5. The Morgan fingerprint density at radius 2 is 1.95 bits per heavy atom. The Balaban J connectivity index is 2.12. The number of hydrogen-bond donors (Lipinski definition) is 0. The van der Waals surface area contributed by atoms with Crippen LogP contribution in [0.3, 0.4) is 0 Å². The minimum atomic E-state index is -0.114. The zero-order chi connectivity index (χ0) is 16.1. The maximum atomic E-state index is 12.5. The van der Waals surface area contributed by atoms with Crippen LogP contribution in [0.5, 0.6) is 5.75 Å². The van der Waals surface area contributed by atoms with E-state index >= 15 is 0 Å². The van der Waals surface area contributed by atoms with Gasteiger partial charge in [0.2, 0.25) is 0 Å². The molecule has 1 aromatic carbocycles. The zero-order valence-corrected chi connectivity index (χ0v) is 14.0.